The third kappa shape index (κ3) is 3.47. The molecule has 0 spiro atoms. The highest BCUT2D eigenvalue weighted by atomic mass is 16.5. The number of nitrogens with zero attached hydrogens (tertiary/aromatic N) is 2. The first-order valence-electron chi connectivity index (χ1n) is 5.17. The molecule has 0 aliphatic carbocycles. The van der Waals surface area contributed by atoms with Crippen LogP contribution in [0.3, 0.4) is 0 Å². The zero-order valence-corrected chi connectivity index (χ0v) is 9.47. The van der Waals surface area contributed by atoms with Gasteiger partial charge in [-0.15, -0.1) is 0 Å². The fourth-order valence-electron chi connectivity index (χ4n) is 1.31. The summed E-state index contributed by atoms with van der Waals surface area (Å²) in [5.41, 5.74) is 0.805. The van der Waals surface area contributed by atoms with Gasteiger partial charge in [0.2, 0.25) is 5.88 Å². The Morgan fingerprint density at radius 2 is 2.00 bits per heavy atom. The van der Waals surface area contributed by atoms with E-state index >= 15 is 0 Å². The minimum absolute atomic E-state index is 0.271. The molecule has 1 rings (SSSR count). The minimum atomic E-state index is -0.295. The molecule has 0 saturated heterocycles. The van der Waals surface area contributed by atoms with E-state index in [2.05, 4.69) is 9.97 Å². The first kappa shape index (κ1) is 11.9. The van der Waals surface area contributed by atoms with Crippen LogP contribution in [0.1, 0.15) is 26.0 Å². The number of methoxy groups -OCH3 is 1. The number of aliphatic hydroxyl groups excluding tert-OH is 1. The predicted molar refractivity (Wildman–Crippen MR) is 57.7 cm³/mol. The van der Waals surface area contributed by atoms with E-state index in [-0.39, 0.29) is 12.0 Å². The number of rotatable bonds is 5. The van der Waals surface area contributed by atoms with E-state index < -0.39 is 0 Å². The van der Waals surface area contributed by atoms with E-state index in [1.807, 2.05) is 13.8 Å². The summed E-state index contributed by atoms with van der Waals surface area (Å²) in [4.78, 5) is 8.24. The zero-order chi connectivity index (χ0) is 11.3. The van der Waals surface area contributed by atoms with Gasteiger partial charge >= 0.3 is 0 Å². The normalized spacial score (nSPS) is 12.9. The van der Waals surface area contributed by atoms with Crippen LogP contribution in [-0.4, -0.2) is 28.3 Å². The number of aromatic nitrogens is 2. The van der Waals surface area contributed by atoms with Crippen LogP contribution in [0, 0.1) is 5.92 Å². The summed E-state index contributed by atoms with van der Waals surface area (Å²) in [5, 5.41) is 9.66. The maximum atomic E-state index is 9.66. The van der Waals surface area contributed by atoms with Gasteiger partial charge in [-0.3, -0.25) is 4.98 Å². The lowest BCUT2D eigenvalue weighted by Gasteiger charge is -2.14. The smallest absolute Gasteiger partial charge is 0.235 e. The van der Waals surface area contributed by atoms with Gasteiger partial charge in [0, 0.05) is 12.4 Å². The quantitative estimate of drug-likeness (QED) is 0.799. The van der Waals surface area contributed by atoms with Crippen LogP contribution in [-0.2, 0) is 6.42 Å². The fourth-order valence-corrected chi connectivity index (χ4v) is 1.31. The van der Waals surface area contributed by atoms with Crippen molar-refractivity contribution in [2.75, 3.05) is 7.11 Å². The molecule has 0 aliphatic heterocycles. The summed E-state index contributed by atoms with van der Waals surface area (Å²) in [7, 11) is 1.58. The van der Waals surface area contributed by atoms with Gasteiger partial charge < -0.3 is 9.84 Å². The van der Waals surface area contributed by atoms with Gasteiger partial charge in [0.05, 0.1) is 13.2 Å². The minimum Gasteiger partial charge on any atom is -0.480 e. The average molecular weight is 210 g/mol. The van der Waals surface area contributed by atoms with Crippen LogP contribution in [0.5, 0.6) is 5.88 Å². The number of hydrogen-bond donors (Lipinski definition) is 1. The van der Waals surface area contributed by atoms with Gasteiger partial charge in [0.25, 0.3) is 0 Å². The molecule has 1 heterocycles. The summed E-state index contributed by atoms with van der Waals surface area (Å²) in [6.07, 6.45) is 4.32. The monoisotopic (exact) mass is 210 g/mol. The van der Waals surface area contributed by atoms with Crippen molar-refractivity contribution in [2.45, 2.75) is 32.8 Å². The standard InChI is InChI=1S/C11H18N2O2/c1-8(2)10(14)5-4-9-11(15-3)13-7-6-12-9/h6-8,10,14H,4-5H2,1-3H3. The van der Waals surface area contributed by atoms with Gasteiger partial charge in [0.15, 0.2) is 0 Å². The Hall–Kier alpha value is -1.16. The number of aryl methyl sites for hydroxylation is 1. The van der Waals surface area contributed by atoms with Gasteiger partial charge in [0.1, 0.15) is 5.69 Å². The van der Waals surface area contributed by atoms with Crippen LogP contribution in [0.2, 0.25) is 0 Å². The molecule has 0 saturated carbocycles. The Kier molecular flexibility index (Phi) is 4.49. The molecule has 0 aliphatic rings. The maximum Gasteiger partial charge on any atom is 0.235 e. The van der Waals surface area contributed by atoms with Crippen molar-refractivity contribution in [3.05, 3.63) is 18.1 Å². The summed E-state index contributed by atoms with van der Waals surface area (Å²) < 4.78 is 5.08. The van der Waals surface area contributed by atoms with E-state index in [4.69, 9.17) is 4.74 Å². The van der Waals surface area contributed by atoms with E-state index in [1.54, 1.807) is 19.5 Å². The molecule has 4 nitrogen and oxygen atoms in total. The number of aliphatic hydroxyl groups is 1. The largest absolute Gasteiger partial charge is 0.480 e. The number of hydrogen-bond acceptors (Lipinski definition) is 4. The molecule has 0 amide bonds. The van der Waals surface area contributed by atoms with Crippen molar-refractivity contribution in [2.24, 2.45) is 5.92 Å². The zero-order valence-electron chi connectivity index (χ0n) is 9.47. The predicted octanol–water partition coefficient (Wildman–Crippen LogP) is 1.43. The van der Waals surface area contributed by atoms with Crippen LogP contribution < -0.4 is 4.74 Å². The van der Waals surface area contributed by atoms with Crippen molar-refractivity contribution in [3.63, 3.8) is 0 Å². The van der Waals surface area contributed by atoms with Gasteiger partial charge in [-0.25, -0.2) is 4.98 Å². The van der Waals surface area contributed by atoms with Crippen molar-refractivity contribution >= 4 is 0 Å². The van der Waals surface area contributed by atoms with Crippen molar-refractivity contribution < 1.29 is 9.84 Å². The molecule has 0 aromatic carbocycles. The summed E-state index contributed by atoms with van der Waals surface area (Å²) in [5.74, 6) is 0.820. The van der Waals surface area contributed by atoms with Crippen LogP contribution in [0.25, 0.3) is 0 Å². The molecule has 0 fully saturated rings. The molecule has 1 aromatic rings. The molecule has 0 bridgehead atoms. The molecule has 1 atom stereocenters. The molecular weight excluding hydrogens is 192 g/mol. The Bertz CT molecular complexity index is 302. The summed E-state index contributed by atoms with van der Waals surface area (Å²) in [6.45, 7) is 4.00. The molecule has 1 unspecified atom stereocenters. The highest BCUT2D eigenvalue weighted by Gasteiger charge is 2.12. The highest BCUT2D eigenvalue weighted by molar-refractivity contribution is 5.17. The molecule has 1 aromatic heterocycles. The maximum absolute atomic E-state index is 9.66. The van der Waals surface area contributed by atoms with E-state index in [9.17, 15) is 5.11 Å². The second-order valence-electron chi connectivity index (χ2n) is 3.86. The van der Waals surface area contributed by atoms with Crippen molar-refractivity contribution in [1.82, 2.24) is 9.97 Å². The fraction of sp³-hybridized carbons (Fsp3) is 0.636. The molecule has 84 valence electrons. The van der Waals surface area contributed by atoms with Crippen molar-refractivity contribution in [3.8, 4) is 5.88 Å². The molecule has 0 radical (unpaired) electrons. The van der Waals surface area contributed by atoms with Crippen LogP contribution >= 0.6 is 0 Å². The first-order valence-corrected chi connectivity index (χ1v) is 5.17. The SMILES string of the molecule is COc1nccnc1CCC(O)C(C)C. The summed E-state index contributed by atoms with van der Waals surface area (Å²) in [6, 6.07) is 0. The Morgan fingerprint density at radius 3 is 2.60 bits per heavy atom. The van der Waals surface area contributed by atoms with E-state index in [0.717, 1.165) is 5.69 Å². The topological polar surface area (TPSA) is 55.2 Å². The van der Waals surface area contributed by atoms with Crippen molar-refractivity contribution in [1.29, 1.82) is 0 Å². The second kappa shape index (κ2) is 5.66. The Balaban J connectivity index is 2.57. The van der Waals surface area contributed by atoms with Crippen LogP contribution in [0.15, 0.2) is 12.4 Å². The third-order valence-corrected chi connectivity index (χ3v) is 2.38. The van der Waals surface area contributed by atoms with E-state index in [0.29, 0.717) is 18.7 Å². The summed E-state index contributed by atoms with van der Waals surface area (Å²) >= 11 is 0. The molecular formula is C11H18N2O2. The third-order valence-electron chi connectivity index (χ3n) is 2.38. The lowest BCUT2D eigenvalue weighted by molar-refractivity contribution is 0.116. The lowest BCUT2D eigenvalue weighted by Crippen LogP contribution is -2.16. The van der Waals surface area contributed by atoms with E-state index in [1.165, 1.54) is 0 Å². The Labute approximate surface area is 90.3 Å². The number of ether oxygens (including phenoxy) is 1. The second-order valence-corrected chi connectivity index (χ2v) is 3.86. The molecule has 1 N–H and O–H groups in total. The average Bonchev–Trinajstić information content (AvgIpc) is 2.26. The Morgan fingerprint density at radius 1 is 1.33 bits per heavy atom. The first-order chi connectivity index (χ1) is 7.15. The molecule has 15 heavy (non-hydrogen) atoms. The lowest BCUT2D eigenvalue weighted by atomic mass is 10.0. The highest BCUT2D eigenvalue weighted by Crippen LogP contribution is 2.15. The van der Waals surface area contributed by atoms with Gasteiger partial charge in [-0.05, 0) is 18.8 Å². The molecule has 4 heteroatoms. The van der Waals surface area contributed by atoms with Crippen LogP contribution in [0.4, 0.5) is 0 Å². The van der Waals surface area contributed by atoms with Gasteiger partial charge in [-0.2, -0.15) is 0 Å². The van der Waals surface area contributed by atoms with Gasteiger partial charge in [-0.1, -0.05) is 13.8 Å².